The molecule has 0 fully saturated rings. The van der Waals surface area contributed by atoms with Crippen molar-refractivity contribution in [1.29, 1.82) is 0 Å². The van der Waals surface area contributed by atoms with Crippen LogP contribution in [0.4, 0.5) is 0 Å². The Morgan fingerprint density at radius 3 is 2.23 bits per heavy atom. The van der Waals surface area contributed by atoms with Gasteiger partial charge in [0.2, 0.25) is 6.20 Å². The van der Waals surface area contributed by atoms with E-state index >= 15 is 0 Å². The monoisotopic (exact) mass is 209 g/mol. The molecule has 6 nitrogen and oxygen atoms in total. The maximum Gasteiger partial charge on any atom is 0.363 e. The van der Waals surface area contributed by atoms with E-state index in [2.05, 4.69) is 9.05 Å². The molecule has 0 aromatic carbocycles. The van der Waals surface area contributed by atoms with E-state index in [0.717, 1.165) is 0 Å². The first-order valence-corrected chi connectivity index (χ1v) is 5.10. The van der Waals surface area contributed by atoms with Gasteiger partial charge in [0.15, 0.2) is 0 Å². The Balaban J connectivity index is 4.95. The third-order valence-electron chi connectivity index (χ3n) is 1.45. The molecule has 0 saturated carbocycles. The second-order valence-electron chi connectivity index (χ2n) is 2.12. The quantitative estimate of drug-likeness (QED) is 0.393. The van der Waals surface area contributed by atoms with Crippen molar-refractivity contribution in [2.75, 3.05) is 14.2 Å². The Kier molecular flexibility index (Phi) is 4.83. The van der Waals surface area contributed by atoms with Gasteiger partial charge in [-0.05, 0) is 6.42 Å². The normalized spacial score (nSPS) is 13.0. The summed E-state index contributed by atoms with van der Waals surface area (Å²) >= 11 is 0. The fourth-order valence-corrected chi connectivity index (χ4v) is 2.03. The molecule has 0 heterocycles. The van der Waals surface area contributed by atoms with Gasteiger partial charge in [-0.1, -0.05) is 6.92 Å². The summed E-state index contributed by atoms with van der Waals surface area (Å²) in [6.07, 6.45) is 0.910. The topological polar surface area (TPSA) is 78.7 Å². The average molecular weight is 209 g/mol. The van der Waals surface area contributed by atoms with Gasteiger partial charge in [-0.3, -0.25) is 14.7 Å². The zero-order valence-corrected chi connectivity index (χ0v) is 8.61. The standard InChI is InChI=1S/C6H12NO5P/c1-4-6(5-7(8)9)13(10,11-2)12-3/h5H,4H2,1-3H3/b6-5+. The summed E-state index contributed by atoms with van der Waals surface area (Å²) in [6.45, 7) is 1.64. The molecule has 0 radical (unpaired) electrons. The summed E-state index contributed by atoms with van der Waals surface area (Å²) in [5.74, 6) is 0. The highest BCUT2D eigenvalue weighted by molar-refractivity contribution is 7.58. The molecule has 0 bridgehead atoms. The molecule has 7 heteroatoms. The number of hydrogen-bond acceptors (Lipinski definition) is 5. The Morgan fingerprint density at radius 2 is 2.00 bits per heavy atom. The molecule has 0 atom stereocenters. The first-order valence-electron chi connectivity index (χ1n) is 3.56. The number of nitrogens with zero attached hydrogens (tertiary/aromatic N) is 1. The van der Waals surface area contributed by atoms with Gasteiger partial charge in [0.1, 0.15) is 5.31 Å². The van der Waals surface area contributed by atoms with Crippen LogP contribution in [-0.4, -0.2) is 19.1 Å². The molecular formula is C6H12NO5P. The molecule has 0 aliphatic carbocycles. The first-order chi connectivity index (χ1) is 6.00. The molecule has 0 unspecified atom stereocenters. The summed E-state index contributed by atoms with van der Waals surface area (Å²) in [4.78, 5) is 9.47. The zero-order valence-electron chi connectivity index (χ0n) is 7.72. The van der Waals surface area contributed by atoms with E-state index in [1.54, 1.807) is 6.92 Å². The molecule has 0 saturated heterocycles. The third kappa shape index (κ3) is 3.26. The molecule has 0 spiro atoms. The fourth-order valence-electron chi connectivity index (χ4n) is 0.786. The Hall–Kier alpha value is -0.710. The van der Waals surface area contributed by atoms with Crippen LogP contribution in [0.25, 0.3) is 0 Å². The maximum atomic E-state index is 11.6. The SMILES string of the molecule is CC/C(=C\[N+](=O)[O-])P(=O)(OC)OC. The minimum absolute atomic E-state index is 0.0579. The van der Waals surface area contributed by atoms with Gasteiger partial charge in [-0.15, -0.1) is 0 Å². The third-order valence-corrected chi connectivity index (χ3v) is 3.55. The van der Waals surface area contributed by atoms with Crippen LogP contribution >= 0.6 is 7.60 Å². The molecule has 0 aliphatic rings. The molecule has 0 aliphatic heterocycles. The van der Waals surface area contributed by atoms with E-state index in [1.807, 2.05) is 0 Å². The molecule has 0 amide bonds. The number of rotatable bonds is 5. The highest BCUT2D eigenvalue weighted by Gasteiger charge is 2.28. The number of allylic oxidation sites excluding steroid dienone is 1. The van der Waals surface area contributed by atoms with E-state index in [1.165, 1.54) is 14.2 Å². The maximum absolute atomic E-state index is 11.6. The number of hydrogen-bond donors (Lipinski definition) is 0. The van der Waals surface area contributed by atoms with E-state index in [0.29, 0.717) is 6.20 Å². The van der Waals surface area contributed by atoms with Crippen molar-refractivity contribution in [3.05, 3.63) is 21.6 Å². The van der Waals surface area contributed by atoms with Gasteiger partial charge >= 0.3 is 7.60 Å². The highest BCUT2D eigenvalue weighted by atomic mass is 31.2. The van der Waals surface area contributed by atoms with E-state index < -0.39 is 12.5 Å². The lowest BCUT2D eigenvalue weighted by Crippen LogP contribution is -1.96. The van der Waals surface area contributed by atoms with Crippen molar-refractivity contribution < 1.29 is 18.5 Å². The van der Waals surface area contributed by atoms with Crippen molar-refractivity contribution in [2.45, 2.75) is 13.3 Å². The zero-order chi connectivity index (χ0) is 10.5. The van der Waals surface area contributed by atoms with Gasteiger partial charge < -0.3 is 9.05 Å². The van der Waals surface area contributed by atoms with E-state index in [-0.39, 0.29) is 11.7 Å². The van der Waals surface area contributed by atoms with E-state index in [4.69, 9.17) is 0 Å². The summed E-state index contributed by atoms with van der Waals surface area (Å²) in [5, 5.41) is 10.2. The Morgan fingerprint density at radius 1 is 1.54 bits per heavy atom. The first kappa shape index (κ1) is 12.3. The Labute approximate surface area is 76.2 Å². The minimum atomic E-state index is -3.43. The van der Waals surface area contributed by atoms with Crippen molar-refractivity contribution in [3.8, 4) is 0 Å². The van der Waals surface area contributed by atoms with Gasteiger partial charge in [0, 0.05) is 14.2 Å². The van der Waals surface area contributed by atoms with Gasteiger partial charge in [-0.25, -0.2) is 0 Å². The summed E-state index contributed by atoms with van der Waals surface area (Å²) in [7, 11) is -1.05. The fraction of sp³-hybridized carbons (Fsp3) is 0.667. The molecule has 0 aromatic rings. The molecule has 76 valence electrons. The summed E-state index contributed by atoms with van der Waals surface area (Å²) in [5.41, 5.74) is 0. The van der Waals surface area contributed by atoms with Crippen LogP contribution in [0.3, 0.4) is 0 Å². The van der Waals surface area contributed by atoms with Gasteiger partial charge in [-0.2, -0.15) is 0 Å². The lowest BCUT2D eigenvalue weighted by molar-refractivity contribution is -0.403. The molecule has 13 heavy (non-hydrogen) atoms. The Bertz CT molecular complexity index is 254. The molecule has 0 N–H and O–H groups in total. The molecular weight excluding hydrogens is 197 g/mol. The smallest absolute Gasteiger partial charge is 0.309 e. The van der Waals surface area contributed by atoms with Crippen molar-refractivity contribution >= 4 is 7.60 Å². The lowest BCUT2D eigenvalue weighted by atomic mass is 10.5. The molecule has 0 aromatic heterocycles. The van der Waals surface area contributed by atoms with Crippen molar-refractivity contribution in [1.82, 2.24) is 0 Å². The van der Waals surface area contributed by atoms with Crippen molar-refractivity contribution in [3.63, 3.8) is 0 Å². The minimum Gasteiger partial charge on any atom is -0.309 e. The van der Waals surface area contributed by atoms with Crippen LogP contribution < -0.4 is 0 Å². The number of nitro groups is 1. The second-order valence-corrected chi connectivity index (χ2v) is 4.42. The van der Waals surface area contributed by atoms with Crippen LogP contribution in [0.2, 0.25) is 0 Å². The molecule has 0 rings (SSSR count). The van der Waals surface area contributed by atoms with Crippen LogP contribution in [0.15, 0.2) is 11.5 Å². The predicted molar refractivity (Wildman–Crippen MR) is 47.0 cm³/mol. The van der Waals surface area contributed by atoms with Gasteiger partial charge in [0.05, 0.1) is 4.92 Å². The second kappa shape index (κ2) is 5.11. The highest BCUT2D eigenvalue weighted by Crippen LogP contribution is 2.55. The largest absolute Gasteiger partial charge is 0.363 e. The predicted octanol–water partition coefficient (Wildman–Crippen LogP) is 2.00. The summed E-state index contributed by atoms with van der Waals surface area (Å²) < 4.78 is 20.8. The summed E-state index contributed by atoms with van der Waals surface area (Å²) in [6, 6.07) is 0. The lowest BCUT2D eigenvalue weighted by Gasteiger charge is -2.13. The van der Waals surface area contributed by atoms with Crippen LogP contribution in [-0.2, 0) is 13.6 Å². The van der Waals surface area contributed by atoms with Crippen LogP contribution in [0, 0.1) is 10.1 Å². The average Bonchev–Trinajstić information content (AvgIpc) is 2.12. The van der Waals surface area contributed by atoms with Crippen LogP contribution in [0.5, 0.6) is 0 Å². The van der Waals surface area contributed by atoms with Gasteiger partial charge in [0.25, 0.3) is 0 Å². The van der Waals surface area contributed by atoms with Crippen LogP contribution in [0.1, 0.15) is 13.3 Å². The van der Waals surface area contributed by atoms with Crippen molar-refractivity contribution in [2.24, 2.45) is 0 Å². The van der Waals surface area contributed by atoms with E-state index in [9.17, 15) is 14.7 Å².